The summed E-state index contributed by atoms with van der Waals surface area (Å²) in [4.78, 5) is 25.0. The van der Waals surface area contributed by atoms with Gasteiger partial charge in [-0.2, -0.15) is 0 Å². The predicted molar refractivity (Wildman–Crippen MR) is 91.4 cm³/mol. The first-order chi connectivity index (χ1) is 13.3. The number of hydrogen-bond acceptors (Lipinski definition) is 6. The van der Waals surface area contributed by atoms with Gasteiger partial charge in [0.1, 0.15) is 11.9 Å². The van der Waals surface area contributed by atoms with Gasteiger partial charge in [-0.25, -0.2) is 13.6 Å². The summed E-state index contributed by atoms with van der Waals surface area (Å²) in [7, 11) is 1.51. The molecule has 0 unspecified atom stereocenters. The molecule has 0 bridgehead atoms. The Kier molecular flexibility index (Phi) is 4.18. The van der Waals surface area contributed by atoms with Crippen LogP contribution in [0.5, 0.6) is 5.75 Å². The van der Waals surface area contributed by atoms with Gasteiger partial charge in [-0.1, -0.05) is 12.1 Å². The lowest BCUT2D eigenvalue weighted by Gasteiger charge is -2.24. The number of methoxy groups -OCH3 is 1. The number of fused-ring (bicyclic) bond motifs is 1. The average Bonchev–Trinajstić information content (AvgIpc) is 2.98. The molecule has 4 rings (SSSR count). The second-order valence-electron chi connectivity index (χ2n) is 6.93. The minimum atomic E-state index is -3.38. The van der Waals surface area contributed by atoms with E-state index in [9.17, 15) is 28.6 Å². The Hall–Kier alpha value is -2.56. The molecule has 1 aromatic heterocycles. The zero-order valence-corrected chi connectivity index (χ0v) is 14.8. The van der Waals surface area contributed by atoms with Crippen molar-refractivity contribution in [3.8, 4) is 5.75 Å². The number of benzene rings is 1. The summed E-state index contributed by atoms with van der Waals surface area (Å²) in [5.41, 5.74) is -2.96. The van der Waals surface area contributed by atoms with E-state index in [1.165, 1.54) is 7.11 Å². The highest BCUT2D eigenvalue weighted by atomic mass is 19.3. The number of halogens is 2. The Bertz CT molecular complexity index is 1020. The molecule has 1 saturated heterocycles. The Morgan fingerprint density at radius 2 is 1.89 bits per heavy atom. The molecule has 1 aromatic carbocycles. The molecular weight excluding hydrogens is 378 g/mol. The third-order valence-electron chi connectivity index (χ3n) is 5.44. The maximum absolute atomic E-state index is 13.8. The fourth-order valence-electron chi connectivity index (χ4n) is 3.80. The molecule has 4 atom stereocenters. The third kappa shape index (κ3) is 2.45. The monoisotopic (exact) mass is 396 g/mol. The number of hydrogen-bond donors (Lipinski definition) is 2. The number of aliphatic hydroxyl groups is 2. The predicted octanol–water partition coefficient (Wildman–Crippen LogP) is -0.0472. The van der Waals surface area contributed by atoms with E-state index >= 15 is 0 Å². The summed E-state index contributed by atoms with van der Waals surface area (Å²) in [5, 5.41) is 19.6. The maximum Gasteiger partial charge on any atom is 0.333 e. The van der Waals surface area contributed by atoms with Crippen molar-refractivity contribution in [2.75, 3.05) is 13.7 Å². The van der Waals surface area contributed by atoms with Crippen LogP contribution in [0.25, 0.3) is 0 Å². The molecule has 10 heteroatoms. The largest absolute Gasteiger partial charge is 0.497 e. The molecular formula is C18H18F2N2O6. The van der Waals surface area contributed by atoms with Gasteiger partial charge in [0.15, 0.2) is 11.8 Å². The molecule has 150 valence electrons. The van der Waals surface area contributed by atoms with Gasteiger partial charge in [0.05, 0.1) is 26.2 Å². The van der Waals surface area contributed by atoms with Gasteiger partial charge < -0.3 is 19.7 Å². The normalized spacial score (nSPS) is 30.1. The van der Waals surface area contributed by atoms with Crippen molar-refractivity contribution in [1.82, 2.24) is 9.13 Å². The summed E-state index contributed by atoms with van der Waals surface area (Å²) in [6.07, 6.45) is -2.03. The second-order valence-corrected chi connectivity index (χ2v) is 6.93. The summed E-state index contributed by atoms with van der Waals surface area (Å²) in [6.45, 7) is -1.05. The zero-order valence-electron chi connectivity index (χ0n) is 14.8. The molecule has 0 amide bonds. The lowest BCUT2D eigenvalue weighted by molar-refractivity contribution is -0.158. The summed E-state index contributed by atoms with van der Waals surface area (Å²) >= 11 is 0. The van der Waals surface area contributed by atoms with Crippen LogP contribution in [0.15, 0.2) is 46.1 Å². The Morgan fingerprint density at radius 3 is 2.46 bits per heavy atom. The van der Waals surface area contributed by atoms with E-state index in [1.807, 2.05) is 0 Å². The average molecular weight is 396 g/mol. The van der Waals surface area contributed by atoms with E-state index in [1.54, 1.807) is 24.3 Å². The number of aromatic nitrogens is 2. The second kappa shape index (κ2) is 6.23. The number of rotatable bonds is 5. The van der Waals surface area contributed by atoms with Crippen molar-refractivity contribution in [2.24, 2.45) is 5.92 Å². The lowest BCUT2D eigenvalue weighted by Crippen LogP contribution is -2.44. The molecule has 2 fully saturated rings. The van der Waals surface area contributed by atoms with Crippen molar-refractivity contribution in [1.29, 1.82) is 0 Å². The van der Waals surface area contributed by atoms with Crippen molar-refractivity contribution in [3.63, 3.8) is 0 Å². The fraction of sp³-hybridized carbons (Fsp3) is 0.444. The first-order valence-electron chi connectivity index (χ1n) is 8.56. The third-order valence-corrected chi connectivity index (χ3v) is 5.44. The van der Waals surface area contributed by atoms with E-state index in [-0.39, 0.29) is 6.54 Å². The summed E-state index contributed by atoms with van der Waals surface area (Å²) in [6, 6.07) is 7.80. The summed E-state index contributed by atoms with van der Waals surface area (Å²) in [5.74, 6) is -4.37. The van der Waals surface area contributed by atoms with Crippen LogP contribution in [0.3, 0.4) is 0 Å². The first kappa shape index (κ1) is 18.8. The Labute approximate surface area is 157 Å². The van der Waals surface area contributed by atoms with Crippen molar-refractivity contribution in [2.45, 2.75) is 30.4 Å². The van der Waals surface area contributed by atoms with Gasteiger partial charge in [0, 0.05) is 12.3 Å². The molecule has 8 nitrogen and oxygen atoms in total. The highest BCUT2D eigenvalue weighted by molar-refractivity contribution is 5.28. The van der Waals surface area contributed by atoms with Crippen molar-refractivity contribution < 1.29 is 28.5 Å². The van der Waals surface area contributed by atoms with Crippen LogP contribution in [0, 0.1) is 5.92 Å². The smallest absolute Gasteiger partial charge is 0.333 e. The number of nitrogens with zero attached hydrogens (tertiary/aromatic N) is 2. The fourth-order valence-corrected chi connectivity index (χ4v) is 3.80. The summed E-state index contributed by atoms with van der Waals surface area (Å²) < 4.78 is 39.7. The zero-order chi connectivity index (χ0) is 20.3. The molecule has 0 spiro atoms. The molecule has 28 heavy (non-hydrogen) atoms. The molecule has 2 N–H and O–H groups in total. The standard InChI is InChI=1S/C18H18F2N2O6/c1-27-11-4-2-10(3-5-11)8-22-12(24)6-7-21(16(22)26)15-13(25)14-17(9-23,28-15)18(14,19)20/h2-7,13-15,23,25H,8-9H2,1H3/t13-,14-,15-,17+/m1/s1. The van der Waals surface area contributed by atoms with Crippen LogP contribution >= 0.6 is 0 Å². The number of alkyl halides is 2. The molecule has 2 aliphatic rings. The van der Waals surface area contributed by atoms with Gasteiger partial charge >= 0.3 is 5.69 Å². The molecule has 1 aliphatic carbocycles. The van der Waals surface area contributed by atoms with Gasteiger partial charge in [-0.15, -0.1) is 0 Å². The van der Waals surface area contributed by atoms with Gasteiger partial charge in [0.2, 0.25) is 0 Å². The minimum Gasteiger partial charge on any atom is -0.497 e. The van der Waals surface area contributed by atoms with E-state index in [0.717, 1.165) is 21.4 Å². The van der Waals surface area contributed by atoms with E-state index in [2.05, 4.69) is 0 Å². The van der Waals surface area contributed by atoms with Crippen molar-refractivity contribution in [3.05, 3.63) is 62.9 Å². The first-order valence-corrected chi connectivity index (χ1v) is 8.56. The van der Waals surface area contributed by atoms with Crippen LogP contribution in [0.4, 0.5) is 8.78 Å². The van der Waals surface area contributed by atoms with Gasteiger partial charge in [-0.3, -0.25) is 13.9 Å². The molecule has 1 saturated carbocycles. The van der Waals surface area contributed by atoms with E-state index < -0.39 is 47.6 Å². The lowest BCUT2D eigenvalue weighted by atomic mass is 10.2. The van der Waals surface area contributed by atoms with Crippen LogP contribution in [-0.4, -0.2) is 50.7 Å². The van der Waals surface area contributed by atoms with Crippen molar-refractivity contribution >= 4 is 0 Å². The Morgan fingerprint density at radius 1 is 1.21 bits per heavy atom. The molecule has 1 aliphatic heterocycles. The van der Waals surface area contributed by atoms with Crippen LogP contribution in [0.2, 0.25) is 0 Å². The molecule has 0 radical (unpaired) electrons. The van der Waals surface area contributed by atoms with Gasteiger partial charge in [0.25, 0.3) is 11.5 Å². The number of ether oxygens (including phenoxy) is 2. The van der Waals surface area contributed by atoms with Crippen LogP contribution in [-0.2, 0) is 11.3 Å². The minimum absolute atomic E-state index is 0.0595. The van der Waals surface area contributed by atoms with Crippen LogP contribution in [0.1, 0.15) is 11.8 Å². The van der Waals surface area contributed by atoms with E-state index in [4.69, 9.17) is 9.47 Å². The Balaban J connectivity index is 1.66. The molecule has 2 heterocycles. The molecule has 2 aromatic rings. The van der Waals surface area contributed by atoms with Gasteiger partial charge in [-0.05, 0) is 17.7 Å². The van der Waals surface area contributed by atoms with Crippen LogP contribution < -0.4 is 16.0 Å². The highest BCUT2D eigenvalue weighted by Crippen LogP contribution is 2.69. The SMILES string of the molecule is COc1ccc(Cn2c(=O)ccn([C@@H]3O[C@@]4(CO)[C@@H]([C@H]3O)C4(F)F)c2=O)cc1. The highest BCUT2D eigenvalue weighted by Gasteiger charge is 2.89. The quantitative estimate of drug-likeness (QED) is 0.735. The topological polar surface area (TPSA) is 103 Å². The van der Waals surface area contributed by atoms with E-state index in [0.29, 0.717) is 11.3 Å². The number of aliphatic hydroxyl groups excluding tert-OH is 2. The maximum atomic E-state index is 13.8.